The summed E-state index contributed by atoms with van der Waals surface area (Å²) in [4.78, 5) is 11.2. The molecule has 0 unspecified atom stereocenters. The first-order chi connectivity index (χ1) is 5.99. The number of amides is 1. The smallest absolute Gasteiger partial charge is 0.246 e. The zero-order valence-corrected chi connectivity index (χ0v) is 9.26. The molecule has 0 spiro atoms. The molecule has 78 valence electrons. The Morgan fingerprint density at radius 1 is 1.23 bits per heavy atom. The van der Waals surface area contributed by atoms with Crippen LogP contribution in [0, 0.1) is 11.8 Å². The number of hydrogen-bond acceptors (Lipinski definition) is 2. The maximum atomic E-state index is 11.2. The minimum Gasteiger partial charge on any atom is -0.375 e. The highest BCUT2D eigenvalue weighted by Gasteiger charge is 2.18. The van der Waals surface area contributed by atoms with Gasteiger partial charge in [0.15, 0.2) is 0 Å². The molecular formula is C10H21NO2. The van der Waals surface area contributed by atoms with Crippen molar-refractivity contribution in [3.8, 4) is 0 Å². The maximum Gasteiger partial charge on any atom is 0.246 e. The molecule has 13 heavy (non-hydrogen) atoms. The number of carbonyl (C=O) groups is 1. The van der Waals surface area contributed by atoms with Crippen LogP contribution in [0.4, 0.5) is 0 Å². The summed E-state index contributed by atoms with van der Waals surface area (Å²) >= 11 is 0. The van der Waals surface area contributed by atoms with Crippen molar-refractivity contribution < 1.29 is 9.53 Å². The number of nitrogens with one attached hydrogen (secondary N) is 1. The highest BCUT2D eigenvalue weighted by Crippen LogP contribution is 2.11. The maximum absolute atomic E-state index is 11.2. The number of hydrogen-bond donors (Lipinski definition) is 1. The molecule has 0 radical (unpaired) electrons. The lowest BCUT2D eigenvalue weighted by Gasteiger charge is -2.25. The fraction of sp³-hybridized carbons (Fsp3) is 0.900. The molecule has 1 N–H and O–H groups in total. The van der Waals surface area contributed by atoms with Gasteiger partial charge in [-0.1, -0.05) is 27.7 Å². The average molecular weight is 187 g/mol. The molecule has 0 fully saturated rings. The summed E-state index contributed by atoms with van der Waals surface area (Å²) < 4.78 is 4.75. The molecule has 0 aromatic heterocycles. The predicted octanol–water partition coefficient (Wildman–Crippen LogP) is 1.43. The molecule has 0 aromatic carbocycles. The van der Waals surface area contributed by atoms with Crippen LogP contribution in [0.3, 0.4) is 0 Å². The third kappa shape index (κ3) is 4.88. The van der Waals surface area contributed by atoms with Gasteiger partial charge in [0.1, 0.15) is 6.61 Å². The summed E-state index contributed by atoms with van der Waals surface area (Å²) in [6.45, 7) is 8.58. The van der Waals surface area contributed by atoms with Crippen LogP contribution in [-0.2, 0) is 9.53 Å². The van der Waals surface area contributed by atoms with Gasteiger partial charge in [-0.15, -0.1) is 0 Å². The summed E-state index contributed by atoms with van der Waals surface area (Å²) in [7, 11) is 1.53. The molecular weight excluding hydrogens is 166 g/mol. The standard InChI is InChI=1S/C10H21NO2/c1-7(2)10(8(3)4)11-9(12)6-13-5/h7-8,10H,6H2,1-5H3,(H,11,12). The fourth-order valence-corrected chi connectivity index (χ4v) is 1.46. The van der Waals surface area contributed by atoms with Crippen LogP contribution in [0.1, 0.15) is 27.7 Å². The highest BCUT2D eigenvalue weighted by molar-refractivity contribution is 5.77. The van der Waals surface area contributed by atoms with Crippen molar-refractivity contribution in [3.63, 3.8) is 0 Å². The van der Waals surface area contributed by atoms with Crippen LogP contribution in [-0.4, -0.2) is 25.7 Å². The van der Waals surface area contributed by atoms with E-state index in [1.807, 2.05) is 0 Å². The van der Waals surface area contributed by atoms with Crippen LogP contribution in [0.15, 0.2) is 0 Å². The number of carbonyl (C=O) groups excluding carboxylic acids is 1. The van der Waals surface area contributed by atoms with E-state index in [0.717, 1.165) is 0 Å². The van der Waals surface area contributed by atoms with Crippen molar-refractivity contribution in [1.29, 1.82) is 0 Å². The Morgan fingerprint density at radius 3 is 2.00 bits per heavy atom. The SMILES string of the molecule is COCC(=O)NC(C(C)C)C(C)C. The van der Waals surface area contributed by atoms with Crippen molar-refractivity contribution in [2.75, 3.05) is 13.7 Å². The Morgan fingerprint density at radius 2 is 1.69 bits per heavy atom. The van der Waals surface area contributed by atoms with Crippen molar-refractivity contribution in [2.45, 2.75) is 33.7 Å². The van der Waals surface area contributed by atoms with Gasteiger partial charge >= 0.3 is 0 Å². The molecule has 0 heterocycles. The zero-order valence-electron chi connectivity index (χ0n) is 9.26. The van der Waals surface area contributed by atoms with Gasteiger partial charge in [0.05, 0.1) is 0 Å². The lowest BCUT2D eigenvalue weighted by Crippen LogP contribution is -2.43. The number of rotatable bonds is 5. The van der Waals surface area contributed by atoms with Crippen molar-refractivity contribution >= 4 is 5.91 Å². The van der Waals surface area contributed by atoms with Crippen molar-refractivity contribution in [2.24, 2.45) is 11.8 Å². The van der Waals surface area contributed by atoms with Gasteiger partial charge in [0, 0.05) is 13.2 Å². The molecule has 3 nitrogen and oxygen atoms in total. The Kier molecular flexibility index (Phi) is 5.71. The number of ether oxygens (including phenoxy) is 1. The Labute approximate surface area is 80.8 Å². The van der Waals surface area contributed by atoms with E-state index < -0.39 is 0 Å². The molecule has 0 atom stereocenters. The summed E-state index contributed by atoms with van der Waals surface area (Å²) in [5, 5.41) is 2.95. The van der Waals surface area contributed by atoms with E-state index in [1.165, 1.54) is 7.11 Å². The van der Waals surface area contributed by atoms with E-state index in [0.29, 0.717) is 11.8 Å². The van der Waals surface area contributed by atoms with Gasteiger partial charge in [-0.25, -0.2) is 0 Å². The summed E-state index contributed by atoms with van der Waals surface area (Å²) in [5.41, 5.74) is 0. The second-order valence-electron chi connectivity index (χ2n) is 4.01. The molecule has 0 saturated carbocycles. The Hall–Kier alpha value is -0.570. The van der Waals surface area contributed by atoms with E-state index in [-0.39, 0.29) is 18.6 Å². The van der Waals surface area contributed by atoms with Gasteiger partial charge in [-0.2, -0.15) is 0 Å². The molecule has 0 aliphatic carbocycles. The molecule has 0 aliphatic heterocycles. The first kappa shape index (κ1) is 12.4. The minimum absolute atomic E-state index is 0.0325. The lowest BCUT2D eigenvalue weighted by molar-refractivity contribution is -0.126. The lowest BCUT2D eigenvalue weighted by atomic mass is 9.93. The summed E-state index contributed by atoms with van der Waals surface area (Å²) in [5.74, 6) is 0.886. The normalized spacial score (nSPS) is 11.4. The zero-order chi connectivity index (χ0) is 10.4. The minimum atomic E-state index is -0.0325. The van der Waals surface area contributed by atoms with E-state index in [2.05, 4.69) is 33.0 Å². The molecule has 0 saturated heterocycles. The third-order valence-electron chi connectivity index (χ3n) is 2.04. The van der Waals surface area contributed by atoms with Crippen LogP contribution >= 0.6 is 0 Å². The topological polar surface area (TPSA) is 38.3 Å². The molecule has 0 rings (SSSR count). The van der Waals surface area contributed by atoms with Crippen LogP contribution < -0.4 is 5.32 Å². The summed E-state index contributed by atoms with van der Waals surface area (Å²) in [6, 6.07) is 0.239. The third-order valence-corrected chi connectivity index (χ3v) is 2.04. The quantitative estimate of drug-likeness (QED) is 0.707. The van der Waals surface area contributed by atoms with Gasteiger partial charge < -0.3 is 10.1 Å². The van der Waals surface area contributed by atoms with Crippen molar-refractivity contribution in [1.82, 2.24) is 5.32 Å². The molecule has 0 aromatic rings. The van der Waals surface area contributed by atoms with Gasteiger partial charge in [-0.3, -0.25) is 4.79 Å². The van der Waals surface area contributed by atoms with Gasteiger partial charge in [0.25, 0.3) is 0 Å². The average Bonchev–Trinajstić information content (AvgIpc) is 1.99. The number of methoxy groups -OCH3 is 1. The van der Waals surface area contributed by atoms with Gasteiger partial charge in [0.2, 0.25) is 5.91 Å². The van der Waals surface area contributed by atoms with Gasteiger partial charge in [-0.05, 0) is 11.8 Å². The highest BCUT2D eigenvalue weighted by atomic mass is 16.5. The second-order valence-corrected chi connectivity index (χ2v) is 4.01. The molecule has 3 heteroatoms. The Bertz CT molecular complexity index is 147. The predicted molar refractivity (Wildman–Crippen MR) is 53.5 cm³/mol. The molecule has 0 bridgehead atoms. The fourth-order valence-electron chi connectivity index (χ4n) is 1.46. The van der Waals surface area contributed by atoms with Crippen molar-refractivity contribution in [3.05, 3.63) is 0 Å². The van der Waals surface area contributed by atoms with E-state index in [1.54, 1.807) is 0 Å². The largest absolute Gasteiger partial charge is 0.375 e. The van der Waals surface area contributed by atoms with Crippen LogP contribution in [0.5, 0.6) is 0 Å². The van der Waals surface area contributed by atoms with Crippen LogP contribution in [0.2, 0.25) is 0 Å². The second kappa shape index (κ2) is 5.97. The van der Waals surface area contributed by atoms with E-state index in [4.69, 9.17) is 4.74 Å². The Balaban J connectivity index is 4.02. The van der Waals surface area contributed by atoms with E-state index >= 15 is 0 Å². The van der Waals surface area contributed by atoms with E-state index in [9.17, 15) is 4.79 Å². The monoisotopic (exact) mass is 187 g/mol. The first-order valence-electron chi connectivity index (χ1n) is 4.77. The first-order valence-corrected chi connectivity index (χ1v) is 4.77. The summed E-state index contributed by atoms with van der Waals surface area (Å²) in [6.07, 6.45) is 0. The molecule has 0 aliphatic rings. The van der Waals surface area contributed by atoms with Crippen LogP contribution in [0.25, 0.3) is 0 Å². The molecule has 1 amide bonds.